The molecular formula is C25H26N8O5S. The minimum Gasteiger partial charge on any atom is -0.496 e. The molecule has 202 valence electrons. The topological polar surface area (TPSA) is 165 Å². The zero-order valence-electron chi connectivity index (χ0n) is 21.2. The minimum absolute atomic E-state index is 0.0229. The van der Waals surface area contributed by atoms with E-state index >= 15 is 0 Å². The Labute approximate surface area is 224 Å². The van der Waals surface area contributed by atoms with Crippen LogP contribution in [0.2, 0.25) is 0 Å². The van der Waals surface area contributed by atoms with Gasteiger partial charge < -0.3 is 15.2 Å². The third-order valence-electron chi connectivity index (χ3n) is 6.38. The summed E-state index contributed by atoms with van der Waals surface area (Å²) in [5.74, 6) is 0.479. The van der Waals surface area contributed by atoms with E-state index in [0.717, 1.165) is 5.56 Å². The van der Waals surface area contributed by atoms with Crippen LogP contribution in [-0.4, -0.2) is 74.2 Å². The highest BCUT2D eigenvalue weighted by Gasteiger charge is 2.30. The van der Waals surface area contributed by atoms with Crippen LogP contribution in [-0.2, 0) is 23.0 Å². The molecule has 3 aromatic heterocycles. The van der Waals surface area contributed by atoms with Crippen LogP contribution in [0.5, 0.6) is 5.75 Å². The maximum Gasteiger partial charge on any atom is 0.260 e. The fourth-order valence-corrected chi connectivity index (χ4v) is 5.64. The number of nitrogens with zero attached hydrogens (tertiary/aromatic N) is 7. The number of anilines is 1. The van der Waals surface area contributed by atoms with E-state index in [1.807, 2.05) is 0 Å². The van der Waals surface area contributed by atoms with E-state index in [9.17, 15) is 18.3 Å². The molecular weight excluding hydrogens is 524 g/mol. The first-order valence-electron chi connectivity index (χ1n) is 12.1. The summed E-state index contributed by atoms with van der Waals surface area (Å²) in [6.45, 7) is 1.98. The highest BCUT2D eigenvalue weighted by atomic mass is 32.2. The summed E-state index contributed by atoms with van der Waals surface area (Å²) in [5.41, 5.74) is 2.25. The van der Waals surface area contributed by atoms with Crippen LogP contribution in [0, 0.1) is 0 Å². The summed E-state index contributed by atoms with van der Waals surface area (Å²) in [6, 6.07) is 12.8. The third kappa shape index (κ3) is 5.21. The number of ether oxygens (including phenoxy) is 1. The number of sulfonamides is 1. The van der Waals surface area contributed by atoms with Crippen molar-refractivity contribution in [3.05, 3.63) is 71.4 Å². The number of tetrazole rings is 1. The van der Waals surface area contributed by atoms with Crippen LogP contribution in [0.25, 0.3) is 11.5 Å². The summed E-state index contributed by atoms with van der Waals surface area (Å²) < 4.78 is 34.5. The maximum atomic E-state index is 13.3. The van der Waals surface area contributed by atoms with Gasteiger partial charge in [0.2, 0.25) is 5.82 Å². The molecule has 1 aliphatic heterocycles. The lowest BCUT2D eigenvalue weighted by Crippen LogP contribution is -2.36. The van der Waals surface area contributed by atoms with Gasteiger partial charge in [0.05, 0.1) is 25.3 Å². The van der Waals surface area contributed by atoms with E-state index < -0.39 is 15.9 Å². The summed E-state index contributed by atoms with van der Waals surface area (Å²) >= 11 is 0. The monoisotopic (exact) mass is 550 g/mol. The number of hydrogen-bond acceptors (Lipinski definition) is 10. The Kier molecular flexibility index (Phi) is 7.32. The predicted octanol–water partition coefficient (Wildman–Crippen LogP) is 1.69. The van der Waals surface area contributed by atoms with Gasteiger partial charge in [0.25, 0.3) is 15.9 Å². The Morgan fingerprint density at radius 1 is 1.18 bits per heavy atom. The van der Waals surface area contributed by atoms with Crippen molar-refractivity contribution < 1.29 is 23.1 Å². The standard InChI is InChI=1S/C25H26N8O5S/c1-16(15-34)33-24(29-30-31-33)20-6-5-7-22(27-20)28-25(35)19-12-18-14-32(11-9-17(18)13-21(19)38-2)39(36,37)23-8-3-4-10-26-23/h3-8,10,12-13,16,34H,9,11,14-15H2,1-2H3,(H,27,28,35)/t16-/m1/s1. The Morgan fingerprint density at radius 2 is 2.03 bits per heavy atom. The van der Waals surface area contributed by atoms with Gasteiger partial charge in [-0.15, -0.1) is 5.10 Å². The zero-order valence-corrected chi connectivity index (χ0v) is 22.0. The lowest BCUT2D eigenvalue weighted by atomic mass is 9.97. The van der Waals surface area contributed by atoms with Gasteiger partial charge in [-0.1, -0.05) is 12.1 Å². The van der Waals surface area contributed by atoms with Crippen molar-refractivity contribution in [3.63, 3.8) is 0 Å². The molecule has 0 radical (unpaired) electrons. The average Bonchev–Trinajstić information content (AvgIpc) is 3.46. The van der Waals surface area contributed by atoms with E-state index in [2.05, 4.69) is 30.8 Å². The van der Waals surface area contributed by atoms with E-state index in [1.54, 1.807) is 49.4 Å². The molecule has 0 fully saturated rings. The number of aromatic nitrogens is 6. The van der Waals surface area contributed by atoms with Crippen LogP contribution in [0.3, 0.4) is 0 Å². The van der Waals surface area contributed by atoms with Gasteiger partial charge in [0, 0.05) is 19.3 Å². The smallest absolute Gasteiger partial charge is 0.260 e. The van der Waals surface area contributed by atoms with E-state index in [1.165, 1.54) is 28.4 Å². The van der Waals surface area contributed by atoms with Crippen molar-refractivity contribution in [3.8, 4) is 17.3 Å². The summed E-state index contributed by atoms with van der Waals surface area (Å²) in [7, 11) is -2.32. The molecule has 4 aromatic rings. The molecule has 1 atom stereocenters. The largest absolute Gasteiger partial charge is 0.496 e. The Bertz CT molecular complexity index is 1610. The lowest BCUT2D eigenvalue weighted by molar-refractivity contribution is 0.102. The molecule has 0 bridgehead atoms. The van der Waals surface area contributed by atoms with Crippen molar-refractivity contribution in [1.29, 1.82) is 0 Å². The number of methoxy groups -OCH3 is 1. The van der Waals surface area contributed by atoms with Crippen molar-refractivity contribution in [2.24, 2.45) is 0 Å². The number of pyridine rings is 2. The minimum atomic E-state index is -3.79. The third-order valence-corrected chi connectivity index (χ3v) is 8.14. The number of nitrogens with one attached hydrogen (secondary N) is 1. The van der Waals surface area contributed by atoms with Gasteiger partial charge in [0.15, 0.2) is 5.03 Å². The molecule has 4 heterocycles. The number of hydrogen-bond donors (Lipinski definition) is 2. The number of fused-ring (bicyclic) bond motifs is 1. The van der Waals surface area contributed by atoms with Crippen LogP contribution in [0.4, 0.5) is 5.82 Å². The highest BCUT2D eigenvalue weighted by molar-refractivity contribution is 7.89. The molecule has 0 saturated heterocycles. The quantitative estimate of drug-likeness (QED) is 0.330. The number of amides is 1. The first-order chi connectivity index (χ1) is 18.8. The Balaban J connectivity index is 1.41. The molecule has 0 unspecified atom stereocenters. The Morgan fingerprint density at radius 3 is 2.77 bits per heavy atom. The summed E-state index contributed by atoms with van der Waals surface area (Å²) in [4.78, 5) is 21.8. The molecule has 39 heavy (non-hydrogen) atoms. The maximum absolute atomic E-state index is 13.3. The second-order valence-corrected chi connectivity index (χ2v) is 10.8. The molecule has 14 heteroatoms. The van der Waals surface area contributed by atoms with Gasteiger partial charge in [-0.05, 0) is 71.3 Å². The molecule has 0 saturated carbocycles. The predicted molar refractivity (Wildman–Crippen MR) is 139 cm³/mol. The molecule has 0 aliphatic carbocycles. The van der Waals surface area contributed by atoms with Crippen LogP contribution >= 0.6 is 0 Å². The fraction of sp³-hybridized carbons (Fsp3) is 0.280. The number of aliphatic hydroxyl groups excluding tert-OH is 1. The summed E-state index contributed by atoms with van der Waals surface area (Å²) in [5, 5.41) is 23.8. The first kappa shape index (κ1) is 26.3. The van der Waals surface area contributed by atoms with Crippen LogP contribution in [0.15, 0.2) is 59.8 Å². The normalized spacial score (nSPS) is 14.4. The van der Waals surface area contributed by atoms with E-state index in [4.69, 9.17) is 4.74 Å². The van der Waals surface area contributed by atoms with Crippen molar-refractivity contribution in [2.75, 3.05) is 25.6 Å². The average molecular weight is 551 g/mol. The second-order valence-electron chi connectivity index (χ2n) is 8.92. The molecule has 1 amide bonds. The van der Waals surface area contributed by atoms with Gasteiger partial charge in [-0.25, -0.2) is 23.1 Å². The van der Waals surface area contributed by atoms with Crippen molar-refractivity contribution >= 4 is 21.7 Å². The van der Waals surface area contributed by atoms with E-state index in [0.29, 0.717) is 29.3 Å². The van der Waals surface area contributed by atoms with Crippen LogP contribution in [0.1, 0.15) is 34.5 Å². The van der Waals surface area contributed by atoms with Gasteiger partial charge >= 0.3 is 0 Å². The highest BCUT2D eigenvalue weighted by Crippen LogP contribution is 2.31. The molecule has 13 nitrogen and oxygen atoms in total. The SMILES string of the molecule is COc1cc2c(cc1C(=O)Nc1cccc(-c3nnnn3[C@H](C)CO)n1)CN(S(=O)(=O)c1ccccn1)CC2. The number of rotatable bonds is 8. The lowest BCUT2D eigenvalue weighted by Gasteiger charge is -2.28. The van der Waals surface area contributed by atoms with Crippen LogP contribution < -0.4 is 10.1 Å². The fourth-order valence-electron chi connectivity index (χ4n) is 4.29. The second kappa shape index (κ2) is 10.8. The zero-order chi connectivity index (χ0) is 27.6. The molecule has 5 rings (SSSR count). The number of aliphatic hydroxyl groups is 1. The first-order valence-corrected chi connectivity index (χ1v) is 13.5. The molecule has 1 aliphatic rings. The number of carbonyl (C=O) groups excluding carboxylic acids is 1. The summed E-state index contributed by atoms with van der Waals surface area (Å²) in [6.07, 6.45) is 1.90. The number of benzene rings is 1. The van der Waals surface area contributed by atoms with E-state index in [-0.39, 0.29) is 42.1 Å². The number of carbonyl (C=O) groups is 1. The molecule has 0 spiro atoms. The van der Waals surface area contributed by atoms with Gasteiger partial charge in [0.1, 0.15) is 17.3 Å². The molecule has 1 aromatic carbocycles. The van der Waals surface area contributed by atoms with Crippen molar-refractivity contribution in [2.45, 2.75) is 31.0 Å². The Hall–Kier alpha value is -4.27. The van der Waals surface area contributed by atoms with Gasteiger partial charge in [-0.2, -0.15) is 4.31 Å². The molecule has 2 N–H and O–H groups in total. The van der Waals surface area contributed by atoms with Crippen molar-refractivity contribution in [1.82, 2.24) is 34.5 Å². The van der Waals surface area contributed by atoms with Gasteiger partial charge in [-0.3, -0.25) is 4.79 Å².